The number of nitrogens with zero attached hydrogens (tertiary/aromatic N) is 3. The molecule has 1 aromatic carbocycles. The molecule has 0 saturated heterocycles. The van der Waals surface area contributed by atoms with Gasteiger partial charge in [0.1, 0.15) is 18.1 Å². The SMILES string of the molecule is CCNC(=NCc1cccc(OCCN(C)C)c1)NCc1c(CC)noc1CC. The monoisotopic (exact) mass is 401 g/mol. The molecule has 1 heterocycles. The van der Waals surface area contributed by atoms with E-state index < -0.39 is 0 Å². The van der Waals surface area contributed by atoms with Crippen molar-refractivity contribution >= 4 is 5.96 Å². The maximum atomic E-state index is 5.82. The lowest BCUT2D eigenvalue weighted by atomic mass is 10.1. The highest BCUT2D eigenvalue weighted by molar-refractivity contribution is 5.79. The van der Waals surface area contributed by atoms with E-state index in [9.17, 15) is 0 Å². The molecular formula is C22H35N5O2. The Morgan fingerprint density at radius 2 is 2.00 bits per heavy atom. The van der Waals surface area contributed by atoms with Gasteiger partial charge in [0.15, 0.2) is 5.96 Å². The Labute approximate surface area is 174 Å². The van der Waals surface area contributed by atoms with Gasteiger partial charge in [0, 0.05) is 31.6 Å². The molecule has 0 bridgehead atoms. The number of hydrogen-bond acceptors (Lipinski definition) is 5. The van der Waals surface area contributed by atoms with Gasteiger partial charge in [0.05, 0.1) is 12.2 Å². The zero-order chi connectivity index (χ0) is 21.1. The van der Waals surface area contributed by atoms with Crippen LogP contribution in [-0.2, 0) is 25.9 Å². The Morgan fingerprint density at radius 3 is 2.69 bits per heavy atom. The van der Waals surface area contributed by atoms with Crippen molar-refractivity contribution in [2.24, 2.45) is 4.99 Å². The summed E-state index contributed by atoms with van der Waals surface area (Å²) in [5.41, 5.74) is 3.25. The second-order valence-corrected chi connectivity index (χ2v) is 7.09. The van der Waals surface area contributed by atoms with Crippen LogP contribution in [0.4, 0.5) is 0 Å². The van der Waals surface area contributed by atoms with Crippen LogP contribution in [0.5, 0.6) is 5.75 Å². The molecule has 2 aromatic rings. The maximum absolute atomic E-state index is 5.82. The summed E-state index contributed by atoms with van der Waals surface area (Å²) >= 11 is 0. The molecule has 0 amide bonds. The van der Waals surface area contributed by atoms with Gasteiger partial charge in [0.25, 0.3) is 0 Å². The van der Waals surface area contributed by atoms with Gasteiger partial charge in [-0.2, -0.15) is 0 Å². The Balaban J connectivity index is 1.99. The molecule has 0 saturated carbocycles. The molecule has 0 spiro atoms. The van der Waals surface area contributed by atoms with E-state index in [1.807, 2.05) is 32.3 Å². The highest BCUT2D eigenvalue weighted by atomic mass is 16.5. The van der Waals surface area contributed by atoms with Gasteiger partial charge < -0.3 is 24.8 Å². The molecular weight excluding hydrogens is 366 g/mol. The smallest absolute Gasteiger partial charge is 0.191 e. The first-order chi connectivity index (χ1) is 14.1. The van der Waals surface area contributed by atoms with Gasteiger partial charge in [-0.1, -0.05) is 31.1 Å². The third-order valence-electron chi connectivity index (χ3n) is 4.51. The minimum Gasteiger partial charge on any atom is -0.492 e. The standard InChI is InChI=1S/C22H35N5O2/c1-6-20-19(21(7-2)29-26-20)16-25-22(23-8-3)24-15-17-10-9-11-18(14-17)28-13-12-27(4)5/h9-11,14H,6-8,12-13,15-16H2,1-5H3,(H2,23,24,25). The highest BCUT2D eigenvalue weighted by Crippen LogP contribution is 2.16. The van der Waals surface area contributed by atoms with Crippen LogP contribution in [0, 0.1) is 0 Å². The summed E-state index contributed by atoms with van der Waals surface area (Å²) in [5.74, 6) is 2.59. The zero-order valence-electron chi connectivity index (χ0n) is 18.4. The number of guanidine groups is 1. The third-order valence-corrected chi connectivity index (χ3v) is 4.51. The lowest BCUT2D eigenvalue weighted by Gasteiger charge is -2.13. The third kappa shape index (κ3) is 7.42. The van der Waals surface area contributed by atoms with E-state index in [2.05, 4.69) is 47.5 Å². The summed E-state index contributed by atoms with van der Waals surface area (Å²) in [4.78, 5) is 6.83. The lowest BCUT2D eigenvalue weighted by Crippen LogP contribution is -2.37. The van der Waals surface area contributed by atoms with E-state index >= 15 is 0 Å². The number of ether oxygens (including phenoxy) is 1. The van der Waals surface area contributed by atoms with Crippen LogP contribution < -0.4 is 15.4 Å². The fraction of sp³-hybridized carbons (Fsp3) is 0.545. The van der Waals surface area contributed by atoms with E-state index in [-0.39, 0.29) is 0 Å². The molecule has 29 heavy (non-hydrogen) atoms. The topological polar surface area (TPSA) is 74.9 Å². The van der Waals surface area contributed by atoms with Gasteiger partial charge in [-0.15, -0.1) is 0 Å². The fourth-order valence-corrected chi connectivity index (χ4v) is 2.90. The molecule has 0 aliphatic heterocycles. The van der Waals surface area contributed by atoms with Gasteiger partial charge >= 0.3 is 0 Å². The minimum absolute atomic E-state index is 0.575. The molecule has 0 atom stereocenters. The number of benzene rings is 1. The molecule has 7 nitrogen and oxygen atoms in total. The van der Waals surface area contributed by atoms with E-state index in [1.54, 1.807) is 0 Å². The average molecular weight is 402 g/mol. The van der Waals surface area contributed by atoms with Gasteiger partial charge in [-0.25, -0.2) is 4.99 Å². The highest BCUT2D eigenvalue weighted by Gasteiger charge is 2.13. The average Bonchev–Trinajstić information content (AvgIpc) is 3.12. The van der Waals surface area contributed by atoms with Crippen LogP contribution in [0.25, 0.3) is 0 Å². The molecule has 2 N–H and O–H groups in total. The van der Waals surface area contributed by atoms with Crippen molar-refractivity contribution in [1.29, 1.82) is 0 Å². The molecule has 1 aromatic heterocycles. The Bertz CT molecular complexity index is 749. The number of aromatic nitrogens is 1. The van der Waals surface area contributed by atoms with E-state index in [0.717, 1.165) is 60.2 Å². The minimum atomic E-state index is 0.575. The lowest BCUT2D eigenvalue weighted by molar-refractivity contribution is 0.261. The number of nitrogens with one attached hydrogen (secondary N) is 2. The molecule has 0 aliphatic rings. The first-order valence-electron chi connectivity index (χ1n) is 10.4. The Morgan fingerprint density at radius 1 is 1.17 bits per heavy atom. The Kier molecular flexibility index (Phi) is 9.50. The van der Waals surface area contributed by atoms with Crippen molar-refractivity contribution in [2.45, 2.75) is 46.7 Å². The van der Waals surface area contributed by atoms with Crippen LogP contribution in [0.15, 0.2) is 33.8 Å². The van der Waals surface area contributed by atoms with E-state index in [4.69, 9.17) is 14.3 Å². The molecule has 0 unspecified atom stereocenters. The summed E-state index contributed by atoms with van der Waals surface area (Å²) in [5, 5.41) is 10.9. The Hall–Kier alpha value is -2.54. The van der Waals surface area contributed by atoms with Gasteiger partial charge in [0.2, 0.25) is 0 Å². The van der Waals surface area contributed by atoms with E-state index in [0.29, 0.717) is 19.7 Å². The summed E-state index contributed by atoms with van der Waals surface area (Å²) in [6, 6.07) is 8.11. The van der Waals surface area contributed by atoms with Crippen molar-refractivity contribution in [3.8, 4) is 5.75 Å². The number of aliphatic imine (C=N–C) groups is 1. The van der Waals surface area contributed by atoms with Crippen LogP contribution in [0.1, 0.15) is 43.4 Å². The zero-order valence-corrected chi connectivity index (χ0v) is 18.4. The fourth-order valence-electron chi connectivity index (χ4n) is 2.90. The summed E-state index contributed by atoms with van der Waals surface area (Å²) < 4.78 is 11.3. The first-order valence-corrected chi connectivity index (χ1v) is 10.4. The molecule has 0 aliphatic carbocycles. The van der Waals surface area contributed by atoms with E-state index in [1.165, 1.54) is 0 Å². The summed E-state index contributed by atoms with van der Waals surface area (Å²) in [6.45, 7) is 9.81. The maximum Gasteiger partial charge on any atom is 0.191 e. The van der Waals surface area contributed by atoms with Crippen molar-refractivity contribution in [3.05, 3.63) is 46.8 Å². The largest absolute Gasteiger partial charge is 0.492 e. The summed E-state index contributed by atoms with van der Waals surface area (Å²) in [7, 11) is 4.08. The predicted molar refractivity (Wildman–Crippen MR) is 117 cm³/mol. The normalized spacial score (nSPS) is 11.7. The van der Waals surface area contributed by atoms with Gasteiger partial charge in [-0.3, -0.25) is 0 Å². The predicted octanol–water partition coefficient (Wildman–Crippen LogP) is 3.00. The van der Waals surface area contributed by atoms with Crippen LogP contribution in [0.2, 0.25) is 0 Å². The molecule has 0 fully saturated rings. The van der Waals surface area contributed by atoms with Crippen molar-refractivity contribution < 1.29 is 9.26 Å². The quantitative estimate of drug-likeness (QED) is 0.445. The molecule has 7 heteroatoms. The van der Waals surface area contributed by atoms with Gasteiger partial charge in [-0.05, 0) is 45.1 Å². The second kappa shape index (κ2) is 12.1. The van der Waals surface area contributed by atoms with Crippen molar-refractivity contribution in [1.82, 2.24) is 20.7 Å². The number of hydrogen-bond donors (Lipinski definition) is 2. The van der Waals surface area contributed by atoms with Crippen molar-refractivity contribution in [3.63, 3.8) is 0 Å². The molecule has 2 rings (SSSR count). The van der Waals surface area contributed by atoms with Crippen LogP contribution >= 0.6 is 0 Å². The first kappa shape index (κ1) is 22.7. The number of rotatable bonds is 11. The summed E-state index contributed by atoms with van der Waals surface area (Å²) in [6.07, 6.45) is 1.69. The second-order valence-electron chi connectivity index (χ2n) is 7.09. The molecule has 0 radical (unpaired) electrons. The number of likely N-dealkylation sites (N-methyl/N-ethyl adjacent to an activating group) is 1. The number of aryl methyl sites for hydroxylation is 2. The van der Waals surface area contributed by atoms with Crippen LogP contribution in [-0.4, -0.2) is 49.8 Å². The molecule has 160 valence electrons. The van der Waals surface area contributed by atoms with Crippen LogP contribution in [0.3, 0.4) is 0 Å². The van der Waals surface area contributed by atoms with Crippen molar-refractivity contribution in [2.75, 3.05) is 33.8 Å².